The summed E-state index contributed by atoms with van der Waals surface area (Å²) >= 11 is 0. The van der Waals surface area contributed by atoms with Gasteiger partial charge in [0.1, 0.15) is 0 Å². The summed E-state index contributed by atoms with van der Waals surface area (Å²) in [4.78, 5) is 24.9. The fourth-order valence-corrected chi connectivity index (χ4v) is 2.82. The summed E-state index contributed by atoms with van der Waals surface area (Å²) in [5.74, 6) is 0.594. The number of quaternary nitrogens is 1. The number of likely N-dealkylation sites (N-methyl/N-ethyl adjacent to an activating group) is 2. The topological polar surface area (TPSA) is 62.6 Å². The minimum Gasteiger partial charge on any atom is -0.351 e. The minimum absolute atomic E-state index is 0.0130. The summed E-state index contributed by atoms with van der Waals surface area (Å²) in [6.45, 7) is 12.3. The summed E-state index contributed by atoms with van der Waals surface area (Å²) in [6.07, 6.45) is 1.07. The number of carbonyl (C=O) groups excluding carboxylic acids is 2. The van der Waals surface area contributed by atoms with Crippen LogP contribution in [0.25, 0.3) is 0 Å². The van der Waals surface area contributed by atoms with Crippen molar-refractivity contribution < 1.29 is 14.5 Å². The number of amides is 2. The van der Waals surface area contributed by atoms with Crippen molar-refractivity contribution in [2.75, 3.05) is 26.2 Å². The van der Waals surface area contributed by atoms with Crippen LogP contribution >= 0.6 is 0 Å². The van der Waals surface area contributed by atoms with Crippen LogP contribution in [0.2, 0.25) is 0 Å². The predicted molar refractivity (Wildman–Crippen MR) is 101 cm³/mol. The number of hydrogen-bond donors (Lipinski definition) is 3. The Bertz CT molecular complexity index is 540. The Labute approximate surface area is 152 Å². The van der Waals surface area contributed by atoms with Gasteiger partial charge in [-0.25, -0.2) is 0 Å². The van der Waals surface area contributed by atoms with Crippen LogP contribution in [0.1, 0.15) is 51.8 Å². The molecule has 3 N–H and O–H groups in total. The van der Waals surface area contributed by atoms with Crippen LogP contribution in [-0.4, -0.2) is 38.0 Å². The molecule has 0 bridgehead atoms. The van der Waals surface area contributed by atoms with E-state index in [9.17, 15) is 9.59 Å². The van der Waals surface area contributed by atoms with Crippen LogP contribution in [0.5, 0.6) is 0 Å². The van der Waals surface area contributed by atoms with Crippen LogP contribution in [0.15, 0.2) is 24.3 Å². The first-order valence-corrected chi connectivity index (χ1v) is 9.34. The zero-order chi connectivity index (χ0) is 18.8. The summed E-state index contributed by atoms with van der Waals surface area (Å²) in [7, 11) is 0. The Kier molecular flexibility index (Phi) is 9.21. The molecule has 0 spiro atoms. The standard InChI is InChI=1S/C20H33N3O2/c1-6-21-19(24)13-23(7-2)14-20(25)22-16(5)18-10-8-17(9-11-18)12-15(3)4/h8-11,15-16H,6-7,12-14H2,1-5H3,(H,21,24)(H,22,25)/p+1/t16-/m1/s1. The third-order valence-electron chi connectivity index (χ3n) is 4.20. The molecule has 0 aliphatic carbocycles. The van der Waals surface area contributed by atoms with Gasteiger partial charge in [0.2, 0.25) is 0 Å². The van der Waals surface area contributed by atoms with E-state index in [1.165, 1.54) is 5.56 Å². The van der Waals surface area contributed by atoms with E-state index in [1.54, 1.807) is 0 Å². The molecule has 0 aliphatic rings. The lowest BCUT2D eigenvalue weighted by Gasteiger charge is -2.19. The zero-order valence-corrected chi connectivity index (χ0v) is 16.3. The van der Waals surface area contributed by atoms with E-state index in [0.29, 0.717) is 25.6 Å². The molecule has 1 unspecified atom stereocenters. The van der Waals surface area contributed by atoms with E-state index in [1.807, 2.05) is 20.8 Å². The average Bonchev–Trinajstić information content (AvgIpc) is 2.54. The highest BCUT2D eigenvalue weighted by atomic mass is 16.2. The molecule has 0 aromatic heterocycles. The highest BCUT2D eigenvalue weighted by molar-refractivity contribution is 5.79. The van der Waals surface area contributed by atoms with Gasteiger partial charge in [0.15, 0.2) is 13.1 Å². The molecule has 0 saturated heterocycles. The van der Waals surface area contributed by atoms with Gasteiger partial charge in [0.25, 0.3) is 11.8 Å². The first-order chi connectivity index (χ1) is 11.8. The zero-order valence-electron chi connectivity index (χ0n) is 16.3. The van der Waals surface area contributed by atoms with Crippen LogP contribution in [0.4, 0.5) is 0 Å². The molecule has 0 aliphatic heterocycles. The van der Waals surface area contributed by atoms with Crippen LogP contribution in [0.3, 0.4) is 0 Å². The lowest BCUT2D eigenvalue weighted by atomic mass is 10.00. The second kappa shape index (κ2) is 10.9. The Hall–Kier alpha value is -1.88. The van der Waals surface area contributed by atoms with E-state index in [2.05, 4.69) is 48.7 Å². The Morgan fingerprint density at radius 1 is 1.00 bits per heavy atom. The minimum atomic E-state index is -0.0387. The third kappa shape index (κ3) is 8.16. The molecule has 0 saturated carbocycles. The van der Waals surface area contributed by atoms with Crippen LogP contribution < -0.4 is 15.5 Å². The largest absolute Gasteiger partial charge is 0.351 e. The molecule has 1 aromatic rings. The quantitative estimate of drug-likeness (QED) is 0.593. The number of nitrogens with one attached hydrogen (secondary N) is 3. The fourth-order valence-electron chi connectivity index (χ4n) is 2.82. The van der Waals surface area contributed by atoms with Crippen molar-refractivity contribution in [3.8, 4) is 0 Å². The Morgan fingerprint density at radius 3 is 2.12 bits per heavy atom. The lowest BCUT2D eigenvalue weighted by Crippen LogP contribution is -3.14. The van der Waals surface area contributed by atoms with E-state index in [4.69, 9.17) is 0 Å². The van der Waals surface area contributed by atoms with Crippen molar-refractivity contribution in [1.29, 1.82) is 0 Å². The van der Waals surface area contributed by atoms with Crippen molar-refractivity contribution in [1.82, 2.24) is 10.6 Å². The third-order valence-corrected chi connectivity index (χ3v) is 4.20. The van der Waals surface area contributed by atoms with Crippen LogP contribution in [-0.2, 0) is 16.0 Å². The van der Waals surface area contributed by atoms with Gasteiger partial charge in [0.05, 0.1) is 12.6 Å². The summed E-state index contributed by atoms with van der Waals surface area (Å²) in [6, 6.07) is 8.40. The van der Waals surface area contributed by atoms with E-state index in [0.717, 1.165) is 23.4 Å². The van der Waals surface area contributed by atoms with Gasteiger partial charge in [-0.15, -0.1) is 0 Å². The van der Waals surface area contributed by atoms with Gasteiger partial charge in [0, 0.05) is 6.54 Å². The van der Waals surface area contributed by atoms with Gasteiger partial charge in [-0.2, -0.15) is 0 Å². The molecule has 25 heavy (non-hydrogen) atoms. The first-order valence-electron chi connectivity index (χ1n) is 9.34. The molecule has 1 rings (SSSR count). The monoisotopic (exact) mass is 348 g/mol. The number of rotatable bonds is 10. The molecular weight excluding hydrogens is 314 g/mol. The SMILES string of the molecule is CCNC(=O)C[NH+](CC)CC(=O)N[C@H](C)c1ccc(CC(C)C)cc1. The van der Waals surface area contributed by atoms with Gasteiger partial charge in [-0.1, -0.05) is 38.1 Å². The molecule has 0 radical (unpaired) electrons. The normalized spacial score (nSPS) is 13.4. The lowest BCUT2D eigenvalue weighted by molar-refractivity contribution is -0.881. The molecule has 0 fully saturated rings. The number of benzene rings is 1. The van der Waals surface area contributed by atoms with E-state index >= 15 is 0 Å². The molecule has 5 heteroatoms. The molecule has 2 amide bonds. The number of carbonyl (C=O) groups is 2. The summed E-state index contributed by atoms with van der Waals surface area (Å²) in [5.41, 5.74) is 2.42. The summed E-state index contributed by atoms with van der Waals surface area (Å²) < 4.78 is 0. The average molecular weight is 349 g/mol. The second-order valence-electron chi connectivity index (χ2n) is 7.04. The maximum atomic E-state index is 12.3. The molecule has 1 aromatic carbocycles. The fraction of sp³-hybridized carbons (Fsp3) is 0.600. The highest BCUT2D eigenvalue weighted by Gasteiger charge is 2.18. The Morgan fingerprint density at radius 2 is 1.60 bits per heavy atom. The van der Waals surface area contributed by atoms with E-state index in [-0.39, 0.29) is 17.9 Å². The van der Waals surface area contributed by atoms with Crippen molar-refractivity contribution in [3.63, 3.8) is 0 Å². The molecule has 140 valence electrons. The van der Waals surface area contributed by atoms with Gasteiger partial charge in [-0.3, -0.25) is 9.59 Å². The maximum absolute atomic E-state index is 12.3. The van der Waals surface area contributed by atoms with Crippen molar-refractivity contribution in [2.24, 2.45) is 5.92 Å². The summed E-state index contributed by atoms with van der Waals surface area (Å²) in [5, 5.41) is 5.81. The van der Waals surface area contributed by atoms with Crippen LogP contribution in [0, 0.1) is 5.92 Å². The van der Waals surface area contributed by atoms with Crippen molar-refractivity contribution in [2.45, 2.75) is 47.1 Å². The maximum Gasteiger partial charge on any atom is 0.275 e. The van der Waals surface area contributed by atoms with Gasteiger partial charge < -0.3 is 15.5 Å². The Balaban J connectivity index is 2.53. The van der Waals surface area contributed by atoms with Crippen molar-refractivity contribution in [3.05, 3.63) is 35.4 Å². The molecule has 2 atom stereocenters. The predicted octanol–water partition coefficient (Wildman–Crippen LogP) is 1.10. The highest BCUT2D eigenvalue weighted by Crippen LogP contribution is 2.15. The smallest absolute Gasteiger partial charge is 0.275 e. The second-order valence-corrected chi connectivity index (χ2v) is 7.04. The first kappa shape index (κ1) is 21.2. The molecular formula is C20H34N3O2+. The number of hydrogen-bond acceptors (Lipinski definition) is 2. The van der Waals surface area contributed by atoms with E-state index < -0.39 is 0 Å². The van der Waals surface area contributed by atoms with Crippen molar-refractivity contribution >= 4 is 11.8 Å². The molecule has 5 nitrogen and oxygen atoms in total. The van der Waals surface area contributed by atoms with Gasteiger partial charge in [-0.05, 0) is 44.2 Å². The molecule has 0 heterocycles. The van der Waals surface area contributed by atoms with Gasteiger partial charge >= 0.3 is 0 Å².